The number of hydrogen-bond acceptors (Lipinski definition) is 8. The number of piperidine rings is 1. The number of aromatic nitrogens is 3. The van der Waals surface area contributed by atoms with Gasteiger partial charge in [0, 0.05) is 87.5 Å². The Morgan fingerprint density at radius 2 is 1.91 bits per heavy atom. The van der Waals surface area contributed by atoms with Gasteiger partial charge in [0.15, 0.2) is 17.0 Å². The van der Waals surface area contributed by atoms with E-state index in [-0.39, 0.29) is 79.9 Å². The number of anilines is 2. The third-order valence-electron chi connectivity index (χ3n) is 8.64. The van der Waals surface area contributed by atoms with Gasteiger partial charge in [0.2, 0.25) is 0 Å². The maximum absolute atomic E-state index is 15.1. The number of aryl methyl sites for hydroxylation is 1. The van der Waals surface area contributed by atoms with Crippen LogP contribution in [0.4, 0.5) is 15.9 Å². The minimum Gasteiger partial charge on any atom is -1.00 e. The van der Waals surface area contributed by atoms with Gasteiger partial charge in [-0.1, -0.05) is 0 Å². The number of rotatable bonds is 11. The zero-order chi connectivity index (χ0) is 30.8. The van der Waals surface area contributed by atoms with Gasteiger partial charge in [-0.2, -0.15) is 0 Å². The quantitative estimate of drug-likeness (QED) is 0.245. The Kier molecular flexibility index (Phi) is 12.5. The van der Waals surface area contributed by atoms with Gasteiger partial charge in [-0.05, 0) is 68.5 Å². The number of halogens is 2. The van der Waals surface area contributed by atoms with Crippen LogP contribution in [0.5, 0.6) is 5.75 Å². The van der Waals surface area contributed by atoms with Gasteiger partial charge in [0.1, 0.15) is 12.4 Å². The molecule has 1 atom stereocenters. The fourth-order valence-electron chi connectivity index (χ4n) is 6.23. The first-order chi connectivity index (χ1) is 21.3. The van der Waals surface area contributed by atoms with Crippen molar-refractivity contribution in [3.63, 3.8) is 0 Å². The SMILES string of the molecule is Cc1cc(CN(Cc2cn(C3CC3)c3cc(OCCO)c(F)cc3c2=O)[C@H]2CCCN(c3ccc(N(C)C)nc3)C2)ccn1.Cl.[H-].[Na+]. The molecule has 2 fully saturated rings. The van der Waals surface area contributed by atoms with Crippen molar-refractivity contribution in [1.29, 1.82) is 0 Å². The Bertz CT molecular complexity index is 1690. The molecular formula is C34H43ClFN6NaO3. The molecule has 0 radical (unpaired) electrons. The van der Waals surface area contributed by atoms with E-state index in [1.165, 1.54) is 6.07 Å². The van der Waals surface area contributed by atoms with Crippen molar-refractivity contribution in [3.05, 3.63) is 87.9 Å². The van der Waals surface area contributed by atoms with Gasteiger partial charge in [0.25, 0.3) is 0 Å². The smallest absolute Gasteiger partial charge is 1.00 e. The number of fused-ring (bicyclic) bond motifs is 1. The summed E-state index contributed by atoms with van der Waals surface area (Å²) in [5.74, 6) is 0.380. The molecule has 0 spiro atoms. The van der Waals surface area contributed by atoms with E-state index in [1.807, 2.05) is 56.6 Å². The van der Waals surface area contributed by atoms with Crippen LogP contribution in [0.3, 0.4) is 0 Å². The van der Waals surface area contributed by atoms with Gasteiger partial charge in [0.05, 0.1) is 24.0 Å². The van der Waals surface area contributed by atoms with Crippen LogP contribution in [-0.4, -0.2) is 71.0 Å². The van der Waals surface area contributed by atoms with Crippen molar-refractivity contribution in [1.82, 2.24) is 19.4 Å². The van der Waals surface area contributed by atoms with Gasteiger partial charge in [-0.15, -0.1) is 12.4 Å². The first kappa shape index (κ1) is 36.1. The van der Waals surface area contributed by atoms with Crippen molar-refractivity contribution in [2.45, 2.75) is 57.8 Å². The van der Waals surface area contributed by atoms with Crippen LogP contribution in [0.15, 0.2) is 59.8 Å². The molecular weight excluding hydrogens is 618 g/mol. The van der Waals surface area contributed by atoms with Crippen LogP contribution < -0.4 is 49.5 Å². The first-order valence-corrected chi connectivity index (χ1v) is 15.5. The van der Waals surface area contributed by atoms with Crippen LogP contribution in [-0.2, 0) is 13.1 Å². The Labute approximate surface area is 299 Å². The van der Waals surface area contributed by atoms with E-state index in [4.69, 9.17) is 4.74 Å². The van der Waals surface area contributed by atoms with Gasteiger partial charge in [-0.3, -0.25) is 14.7 Å². The summed E-state index contributed by atoms with van der Waals surface area (Å²) in [6.45, 7) is 4.66. The summed E-state index contributed by atoms with van der Waals surface area (Å²) in [5.41, 5.74) is 4.37. The summed E-state index contributed by atoms with van der Waals surface area (Å²) in [6.07, 6.45) is 9.82. The van der Waals surface area contributed by atoms with Crippen LogP contribution in [0.2, 0.25) is 0 Å². The van der Waals surface area contributed by atoms with E-state index in [2.05, 4.69) is 36.5 Å². The second-order valence-corrected chi connectivity index (χ2v) is 12.2. The molecule has 0 unspecified atom stereocenters. The molecule has 1 saturated heterocycles. The third-order valence-corrected chi connectivity index (χ3v) is 8.64. The first-order valence-electron chi connectivity index (χ1n) is 15.5. The molecule has 3 aromatic heterocycles. The van der Waals surface area contributed by atoms with Crippen LogP contribution in [0.25, 0.3) is 10.9 Å². The van der Waals surface area contributed by atoms with E-state index in [9.17, 15) is 9.90 Å². The summed E-state index contributed by atoms with van der Waals surface area (Å²) >= 11 is 0. The molecule has 12 heteroatoms. The fourth-order valence-corrected chi connectivity index (χ4v) is 6.23. The van der Waals surface area contributed by atoms with Gasteiger partial charge >= 0.3 is 29.6 Å². The fraction of sp³-hybridized carbons (Fsp3) is 0.441. The van der Waals surface area contributed by atoms with Crippen molar-refractivity contribution < 1.29 is 45.2 Å². The molecule has 1 N–H and O–H groups in total. The Morgan fingerprint density at radius 1 is 1.11 bits per heavy atom. The number of benzene rings is 1. The summed E-state index contributed by atoms with van der Waals surface area (Å²) < 4.78 is 22.6. The van der Waals surface area contributed by atoms with E-state index >= 15 is 4.39 Å². The Hall–Kier alpha value is -2.73. The van der Waals surface area contributed by atoms with E-state index in [0.29, 0.717) is 29.6 Å². The average Bonchev–Trinajstić information content (AvgIpc) is 3.87. The maximum Gasteiger partial charge on any atom is 1.00 e. The summed E-state index contributed by atoms with van der Waals surface area (Å²) in [7, 11) is 3.97. The second-order valence-electron chi connectivity index (χ2n) is 12.2. The maximum atomic E-state index is 15.1. The second kappa shape index (κ2) is 15.9. The van der Waals surface area contributed by atoms with E-state index in [1.54, 1.807) is 6.07 Å². The normalized spacial score (nSPS) is 16.2. The number of aliphatic hydroxyl groups excluding tert-OH is 1. The van der Waals surface area contributed by atoms with Crippen molar-refractivity contribution in [2.24, 2.45) is 0 Å². The molecule has 9 nitrogen and oxygen atoms in total. The third kappa shape index (κ3) is 8.21. The van der Waals surface area contributed by atoms with Gasteiger partial charge in [-0.25, -0.2) is 9.37 Å². The number of nitrogens with zero attached hydrogens (tertiary/aromatic N) is 6. The molecule has 1 saturated carbocycles. The minimum atomic E-state index is -0.594. The monoisotopic (exact) mass is 660 g/mol. The topological polar surface area (TPSA) is 87.0 Å². The van der Waals surface area contributed by atoms with Crippen LogP contribution in [0.1, 0.15) is 50.0 Å². The number of aliphatic hydroxyl groups is 1. The Balaban J connectivity index is 0.00000200. The predicted octanol–water partition coefficient (Wildman–Crippen LogP) is 2.22. The standard InChI is InChI=1S/C34H41FN6O3.ClH.Na.H/c1-23-15-24(10-11-36-23)19-40(28-5-4-12-39(22-28)27-8-9-33(37-18-27)38(2)3)20-25-21-41(26-6-7-26)31-17-32(44-14-13-42)30(35)16-29(31)34(25)43;;;/h8-11,15-18,21,26,28,42H,4-7,12-14,19-20,22H2,1-3H3;1H;;/q;;+1;-1/t28-;;;/m0.../s1. The number of hydrogen-bond donors (Lipinski definition) is 1. The van der Waals surface area contributed by atoms with Crippen molar-refractivity contribution in [2.75, 3.05) is 50.2 Å². The molecule has 4 aromatic rings. The number of pyridine rings is 3. The van der Waals surface area contributed by atoms with E-state index in [0.717, 1.165) is 61.5 Å². The molecule has 0 amide bonds. The van der Waals surface area contributed by atoms with Gasteiger partial charge < -0.3 is 25.6 Å². The molecule has 1 aliphatic carbocycles. The van der Waals surface area contributed by atoms with Crippen LogP contribution >= 0.6 is 12.4 Å². The summed E-state index contributed by atoms with van der Waals surface area (Å²) in [6, 6.07) is 11.7. The predicted molar refractivity (Wildman–Crippen MR) is 179 cm³/mol. The molecule has 46 heavy (non-hydrogen) atoms. The van der Waals surface area contributed by atoms with Crippen LogP contribution in [0, 0.1) is 12.7 Å². The molecule has 1 aromatic carbocycles. The molecule has 2 aliphatic rings. The minimum absolute atomic E-state index is 0. The molecule has 4 heterocycles. The zero-order valence-electron chi connectivity index (χ0n) is 28.2. The van der Waals surface area contributed by atoms with E-state index < -0.39 is 5.82 Å². The summed E-state index contributed by atoms with van der Waals surface area (Å²) in [4.78, 5) is 29.8. The Morgan fingerprint density at radius 3 is 2.59 bits per heavy atom. The molecule has 0 bridgehead atoms. The van der Waals surface area contributed by atoms with Crippen molar-refractivity contribution in [3.8, 4) is 5.75 Å². The summed E-state index contributed by atoms with van der Waals surface area (Å²) in [5, 5.41) is 9.53. The average molecular weight is 661 g/mol. The number of ether oxygens (including phenoxy) is 1. The largest absolute Gasteiger partial charge is 1.00 e. The molecule has 1 aliphatic heterocycles. The molecule has 242 valence electrons. The zero-order valence-corrected chi connectivity index (χ0v) is 30.0. The molecule has 6 rings (SSSR count). The van der Waals surface area contributed by atoms with Crippen molar-refractivity contribution >= 4 is 34.8 Å².